The minimum Gasteiger partial charge on any atom is -0.497 e. The van der Waals surface area contributed by atoms with Crippen LogP contribution in [-0.4, -0.2) is 43.0 Å². The molecule has 0 saturated heterocycles. The number of rotatable bonds is 13. The summed E-state index contributed by atoms with van der Waals surface area (Å²) in [6.07, 6.45) is 3.32. The summed E-state index contributed by atoms with van der Waals surface area (Å²) < 4.78 is 11.9. The van der Waals surface area contributed by atoms with Gasteiger partial charge in [0.25, 0.3) is 5.91 Å². The summed E-state index contributed by atoms with van der Waals surface area (Å²) in [6.45, 7) is 6.83. The van der Waals surface area contributed by atoms with Crippen molar-refractivity contribution in [3.63, 3.8) is 0 Å². The average Bonchev–Trinajstić information content (AvgIpc) is 2.83. The maximum atomic E-state index is 13.3. The SMILES string of the molecule is CCCCNC(=O)[C@@H](CC)N(Cc1ccc(OC)cc1)C(=O)COc1ccc(CC)cc1Br. The molecule has 0 aliphatic carbocycles. The summed E-state index contributed by atoms with van der Waals surface area (Å²) in [4.78, 5) is 27.8. The van der Waals surface area contributed by atoms with Crippen molar-refractivity contribution in [3.8, 4) is 11.5 Å². The van der Waals surface area contributed by atoms with Gasteiger partial charge in [-0.2, -0.15) is 0 Å². The molecular formula is C26H35BrN2O4. The number of nitrogens with one attached hydrogen (secondary N) is 1. The zero-order chi connectivity index (χ0) is 24.2. The number of benzene rings is 2. The maximum Gasteiger partial charge on any atom is 0.261 e. The molecule has 0 aliphatic rings. The van der Waals surface area contributed by atoms with Crippen LogP contribution >= 0.6 is 15.9 Å². The highest BCUT2D eigenvalue weighted by Gasteiger charge is 2.29. The Bertz CT molecular complexity index is 902. The number of amides is 2. The molecule has 2 aromatic rings. The second-order valence-corrected chi connectivity index (χ2v) is 8.70. The van der Waals surface area contributed by atoms with Gasteiger partial charge < -0.3 is 19.7 Å². The monoisotopic (exact) mass is 518 g/mol. The van der Waals surface area contributed by atoms with Gasteiger partial charge in [-0.1, -0.05) is 45.4 Å². The summed E-state index contributed by atoms with van der Waals surface area (Å²) in [6, 6.07) is 12.8. The van der Waals surface area contributed by atoms with E-state index in [9.17, 15) is 9.59 Å². The van der Waals surface area contributed by atoms with Crippen molar-refractivity contribution < 1.29 is 19.1 Å². The second-order valence-electron chi connectivity index (χ2n) is 7.85. The number of aryl methyl sites for hydroxylation is 1. The standard InChI is InChI=1S/C26H35BrN2O4/c1-5-8-15-28-26(31)23(7-3)29(17-20-9-12-21(32-4)13-10-20)25(30)18-33-24-14-11-19(6-2)16-22(24)27/h9-14,16,23H,5-8,15,17-18H2,1-4H3,(H,28,31)/t23-/m1/s1. The van der Waals surface area contributed by atoms with Gasteiger partial charge in [-0.15, -0.1) is 0 Å². The third-order valence-corrected chi connectivity index (χ3v) is 6.10. The molecule has 0 aromatic heterocycles. The molecule has 0 fully saturated rings. The smallest absolute Gasteiger partial charge is 0.261 e. The predicted octanol–water partition coefficient (Wildman–Crippen LogP) is 5.12. The van der Waals surface area contributed by atoms with E-state index in [1.807, 2.05) is 49.4 Å². The predicted molar refractivity (Wildman–Crippen MR) is 135 cm³/mol. The highest BCUT2D eigenvalue weighted by molar-refractivity contribution is 9.10. The number of ether oxygens (including phenoxy) is 2. The lowest BCUT2D eigenvalue weighted by Crippen LogP contribution is -2.50. The normalized spacial score (nSPS) is 11.5. The van der Waals surface area contributed by atoms with Gasteiger partial charge in [0.1, 0.15) is 17.5 Å². The van der Waals surface area contributed by atoms with Crippen molar-refractivity contribution in [2.45, 2.75) is 59.0 Å². The van der Waals surface area contributed by atoms with Gasteiger partial charge in [0.15, 0.2) is 6.61 Å². The molecule has 0 bridgehead atoms. The van der Waals surface area contributed by atoms with E-state index in [-0.39, 0.29) is 18.4 Å². The lowest BCUT2D eigenvalue weighted by Gasteiger charge is -2.30. The molecule has 1 atom stereocenters. The lowest BCUT2D eigenvalue weighted by atomic mass is 10.1. The Morgan fingerprint density at radius 1 is 1.06 bits per heavy atom. The van der Waals surface area contributed by atoms with Crippen LogP contribution in [0.1, 0.15) is 51.2 Å². The van der Waals surface area contributed by atoms with Crippen molar-refractivity contribution in [2.24, 2.45) is 0 Å². The molecule has 0 spiro atoms. The van der Waals surface area contributed by atoms with Crippen LogP contribution in [0.4, 0.5) is 0 Å². The number of hydrogen-bond acceptors (Lipinski definition) is 4. The van der Waals surface area contributed by atoms with E-state index in [4.69, 9.17) is 9.47 Å². The third-order valence-electron chi connectivity index (χ3n) is 5.48. The Hall–Kier alpha value is -2.54. The van der Waals surface area contributed by atoms with Crippen LogP contribution in [0.25, 0.3) is 0 Å². The van der Waals surface area contributed by atoms with E-state index >= 15 is 0 Å². The number of halogens is 1. The molecule has 2 amide bonds. The molecule has 6 nitrogen and oxygen atoms in total. The van der Waals surface area contributed by atoms with Crippen molar-refractivity contribution in [2.75, 3.05) is 20.3 Å². The fraction of sp³-hybridized carbons (Fsp3) is 0.462. The van der Waals surface area contributed by atoms with Crippen LogP contribution in [0.3, 0.4) is 0 Å². The molecule has 2 rings (SSSR count). The number of carbonyl (C=O) groups is 2. The molecule has 0 radical (unpaired) electrons. The molecule has 1 N–H and O–H groups in total. The summed E-state index contributed by atoms with van der Waals surface area (Å²) in [7, 11) is 1.61. The topological polar surface area (TPSA) is 67.9 Å². The number of methoxy groups -OCH3 is 1. The van der Waals surface area contributed by atoms with Gasteiger partial charge in [0.2, 0.25) is 5.91 Å². The van der Waals surface area contributed by atoms with E-state index in [1.54, 1.807) is 12.0 Å². The highest BCUT2D eigenvalue weighted by Crippen LogP contribution is 2.26. The summed E-state index contributed by atoms with van der Waals surface area (Å²) in [5, 5.41) is 2.97. The Labute approximate surface area is 205 Å². The van der Waals surface area contributed by atoms with Crippen molar-refractivity contribution in [3.05, 3.63) is 58.1 Å². The maximum absolute atomic E-state index is 13.3. The van der Waals surface area contributed by atoms with Gasteiger partial charge in [-0.05, 0) is 70.6 Å². The number of carbonyl (C=O) groups excluding carboxylic acids is 2. The van der Waals surface area contributed by atoms with Gasteiger partial charge in [0.05, 0.1) is 11.6 Å². The first-order chi connectivity index (χ1) is 15.9. The van der Waals surface area contributed by atoms with Gasteiger partial charge in [-0.25, -0.2) is 0 Å². The molecule has 0 heterocycles. The first-order valence-corrected chi connectivity index (χ1v) is 12.3. The van der Waals surface area contributed by atoms with Crippen LogP contribution in [0, 0.1) is 0 Å². The molecular weight excluding hydrogens is 484 g/mol. The fourth-order valence-corrected chi connectivity index (χ4v) is 4.00. The molecule has 33 heavy (non-hydrogen) atoms. The molecule has 2 aromatic carbocycles. The van der Waals surface area contributed by atoms with Crippen molar-refractivity contribution in [1.82, 2.24) is 10.2 Å². The Morgan fingerprint density at radius 3 is 2.33 bits per heavy atom. The zero-order valence-corrected chi connectivity index (χ0v) is 21.6. The van der Waals surface area contributed by atoms with E-state index < -0.39 is 6.04 Å². The minimum atomic E-state index is -0.578. The van der Waals surface area contributed by atoms with Crippen molar-refractivity contribution >= 4 is 27.7 Å². The van der Waals surface area contributed by atoms with Crippen molar-refractivity contribution in [1.29, 1.82) is 0 Å². The quantitative estimate of drug-likeness (QED) is 0.373. The summed E-state index contributed by atoms with van der Waals surface area (Å²) in [5.74, 6) is 0.964. The van der Waals surface area contributed by atoms with Crippen LogP contribution in [-0.2, 0) is 22.6 Å². The van der Waals surface area contributed by atoms with Crippen LogP contribution in [0.2, 0.25) is 0 Å². The van der Waals surface area contributed by atoms with Gasteiger partial charge >= 0.3 is 0 Å². The van der Waals surface area contributed by atoms with Gasteiger partial charge in [-0.3, -0.25) is 9.59 Å². The van der Waals surface area contributed by atoms with E-state index in [2.05, 4.69) is 35.1 Å². The highest BCUT2D eigenvalue weighted by atomic mass is 79.9. The molecule has 180 valence electrons. The number of nitrogens with zero attached hydrogens (tertiary/aromatic N) is 1. The van der Waals surface area contributed by atoms with Gasteiger partial charge in [0, 0.05) is 13.1 Å². The molecule has 0 aliphatic heterocycles. The van der Waals surface area contributed by atoms with E-state index in [1.165, 1.54) is 5.56 Å². The lowest BCUT2D eigenvalue weighted by molar-refractivity contribution is -0.143. The summed E-state index contributed by atoms with van der Waals surface area (Å²) in [5.41, 5.74) is 2.09. The number of hydrogen-bond donors (Lipinski definition) is 1. The Morgan fingerprint density at radius 2 is 1.76 bits per heavy atom. The first kappa shape index (κ1) is 26.7. The minimum absolute atomic E-state index is 0.138. The molecule has 0 saturated carbocycles. The zero-order valence-electron chi connectivity index (χ0n) is 20.0. The molecule has 0 unspecified atom stereocenters. The first-order valence-electron chi connectivity index (χ1n) is 11.5. The Kier molecular flexibility index (Phi) is 11.2. The van der Waals surface area contributed by atoms with Crippen LogP contribution in [0.5, 0.6) is 11.5 Å². The fourth-order valence-electron chi connectivity index (χ4n) is 3.46. The van der Waals surface area contributed by atoms with Crippen LogP contribution < -0.4 is 14.8 Å². The Balaban J connectivity index is 2.19. The number of unbranched alkanes of at least 4 members (excludes halogenated alkanes) is 1. The van der Waals surface area contributed by atoms with E-state index in [0.29, 0.717) is 25.3 Å². The average molecular weight is 519 g/mol. The third kappa shape index (κ3) is 8.07. The van der Waals surface area contributed by atoms with E-state index in [0.717, 1.165) is 35.0 Å². The van der Waals surface area contributed by atoms with Crippen LogP contribution in [0.15, 0.2) is 46.9 Å². The molecule has 7 heteroatoms. The second kappa shape index (κ2) is 13.9. The summed E-state index contributed by atoms with van der Waals surface area (Å²) >= 11 is 3.52. The largest absolute Gasteiger partial charge is 0.497 e.